The third-order valence-corrected chi connectivity index (χ3v) is 3.75. The first kappa shape index (κ1) is 11.1. The summed E-state index contributed by atoms with van der Waals surface area (Å²) in [5.74, 6) is -0.106. The molecule has 3 heteroatoms. The number of carbonyl (C=O) groups is 1. The van der Waals surface area contributed by atoms with E-state index in [9.17, 15) is 4.79 Å². The van der Waals surface area contributed by atoms with Crippen LogP contribution in [0.25, 0.3) is 0 Å². The molecule has 76 valence electrons. The average molecular weight is 209 g/mol. The molecule has 0 saturated carbocycles. The molecule has 0 heterocycles. The molecule has 0 saturated heterocycles. The molecule has 1 amide bonds. The summed E-state index contributed by atoms with van der Waals surface area (Å²) in [6, 6.07) is 9.19. The summed E-state index contributed by atoms with van der Waals surface area (Å²) in [5, 5.41) is 0.433. The van der Waals surface area contributed by atoms with Crippen molar-refractivity contribution in [3.8, 4) is 0 Å². The molecular weight excluding hydrogens is 194 g/mol. The van der Waals surface area contributed by atoms with Crippen LogP contribution in [0.4, 0.5) is 0 Å². The van der Waals surface area contributed by atoms with Gasteiger partial charge < -0.3 is 0 Å². The Hall–Kier alpha value is -0.960. The van der Waals surface area contributed by atoms with Crippen molar-refractivity contribution in [1.82, 2.24) is 0 Å². The second-order valence-corrected chi connectivity index (χ2v) is 5.51. The van der Waals surface area contributed by atoms with E-state index >= 15 is 0 Å². The Bertz CT molecular complexity index is 344. The average Bonchev–Trinajstić information content (AvgIpc) is 2.19. The predicted molar refractivity (Wildman–Crippen MR) is 61.6 cm³/mol. The standard InChI is InChI=1S/C11H15NOS/c1-9(2)14(3)12-11(13)10-7-5-4-6-8-10/h4-9H,1-3H3. The quantitative estimate of drug-likeness (QED) is 0.736. The zero-order valence-corrected chi connectivity index (χ0v) is 9.54. The lowest BCUT2D eigenvalue weighted by atomic mass is 10.2. The number of rotatable bonds is 2. The molecule has 0 N–H and O–H groups in total. The zero-order chi connectivity index (χ0) is 10.6. The van der Waals surface area contributed by atoms with E-state index in [0.717, 1.165) is 0 Å². The first-order chi connectivity index (χ1) is 6.61. The Morgan fingerprint density at radius 1 is 1.29 bits per heavy atom. The van der Waals surface area contributed by atoms with Crippen LogP contribution < -0.4 is 0 Å². The van der Waals surface area contributed by atoms with Gasteiger partial charge in [0.05, 0.1) is 0 Å². The van der Waals surface area contributed by atoms with Gasteiger partial charge in [-0.3, -0.25) is 4.79 Å². The third kappa shape index (κ3) is 3.07. The maximum atomic E-state index is 11.6. The van der Waals surface area contributed by atoms with Gasteiger partial charge in [0.1, 0.15) is 0 Å². The minimum absolute atomic E-state index is 0.106. The smallest absolute Gasteiger partial charge is 0.266 e. The number of benzene rings is 1. The largest absolute Gasteiger partial charge is 0.282 e. The third-order valence-electron chi connectivity index (χ3n) is 1.93. The van der Waals surface area contributed by atoms with Crippen molar-refractivity contribution in [2.75, 3.05) is 6.26 Å². The topological polar surface area (TPSA) is 29.4 Å². The molecule has 0 spiro atoms. The lowest BCUT2D eigenvalue weighted by Gasteiger charge is -2.04. The number of amides is 1. The van der Waals surface area contributed by atoms with Crippen LogP contribution in [0, 0.1) is 0 Å². The van der Waals surface area contributed by atoms with Crippen LogP contribution in [0.3, 0.4) is 0 Å². The summed E-state index contributed by atoms with van der Waals surface area (Å²) in [4.78, 5) is 11.6. The highest BCUT2D eigenvalue weighted by atomic mass is 32.2. The van der Waals surface area contributed by atoms with E-state index in [1.165, 1.54) is 0 Å². The first-order valence-electron chi connectivity index (χ1n) is 4.57. The molecule has 0 aromatic heterocycles. The summed E-state index contributed by atoms with van der Waals surface area (Å²) in [6.07, 6.45) is 1.99. The molecule has 0 bridgehead atoms. The Labute approximate surface area is 87.4 Å². The van der Waals surface area contributed by atoms with Gasteiger partial charge in [0.2, 0.25) is 0 Å². The van der Waals surface area contributed by atoms with Crippen molar-refractivity contribution in [2.24, 2.45) is 4.36 Å². The Morgan fingerprint density at radius 2 is 1.86 bits per heavy atom. The highest BCUT2D eigenvalue weighted by Gasteiger charge is 2.04. The Morgan fingerprint density at radius 3 is 2.36 bits per heavy atom. The van der Waals surface area contributed by atoms with Crippen LogP contribution in [-0.4, -0.2) is 17.4 Å². The summed E-state index contributed by atoms with van der Waals surface area (Å²) in [5.41, 5.74) is 0.674. The zero-order valence-electron chi connectivity index (χ0n) is 8.73. The predicted octanol–water partition coefficient (Wildman–Crippen LogP) is 2.67. The van der Waals surface area contributed by atoms with Crippen LogP contribution >= 0.6 is 0 Å². The highest BCUT2D eigenvalue weighted by molar-refractivity contribution is 7.87. The van der Waals surface area contributed by atoms with E-state index in [0.29, 0.717) is 10.8 Å². The molecule has 0 aliphatic rings. The van der Waals surface area contributed by atoms with Gasteiger partial charge in [-0.25, -0.2) is 0 Å². The second kappa shape index (κ2) is 5.05. The molecule has 0 fully saturated rings. The van der Waals surface area contributed by atoms with Gasteiger partial charge in [-0.05, 0) is 18.4 Å². The minimum atomic E-state index is -0.177. The van der Waals surface area contributed by atoms with Crippen molar-refractivity contribution in [3.05, 3.63) is 35.9 Å². The van der Waals surface area contributed by atoms with Gasteiger partial charge in [0, 0.05) is 10.8 Å². The van der Waals surface area contributed by atoms with E-state index in [2.05, 4.69) is 18.2 Å². The van der Waals surface area contributed by atoms with Crippen LogP contribution in [0.5, 0.6) is 0 Å². The molecule has 14 heavy (non-hydrogen) atoms. The summed E-state index contributed by atoms with van der Waals surface area (Å²) >= 11 is 0. The number of hydrogen-bond acceptors (Lipinski definition) is 1. The Balaban J connectivity index is 2.83. The van der Waals surface area contributed by atoms with E-state index in [1.54, 1.807) is 12.1 Å². The van der Waals surface area contributed by atoms with E-state index in [1.807, 2.05) is 24.5 Å². The van der Waals surface area contributed by atoms with Gasteiger partial charge >= 0.3 is 0 Å². The van der Waals surface area contributed by atoms with Gasteiger partial charge in [0.25, 0.3) is 5.91 Å². The molecule has 1 aromatic carbocycles. The maximum absolute atomic E-state index is 11.6. The van der Waals surface area contributed by atoms with Gasteiger partial charge in [-0.2, -0.15) is 4.36 Å². The normalized spacial score (nSPS) is 13.1. The molecule has 0 aliphatic heterocycles. The van der Waals surface area contributed by atoms with E-state index < -0.39 is 0 Å². The van der Waals surface area contributed by atoms with Crippen LogP contribution in [0.15, 0.2) is 34.7 Å². The summed E-state index contributed by atoms with van der Waals surface area (Å²) in [6.45, 7) is 4.15. The minimum Gasteiger partial charge on any atom is -0.266 e. The fourth-order valence-corrected chi connectivity index (χ4v) is 1.45. The molecule has 1 atom stereocenters. The molecule has 0 radical (unpaired) electrons. The molecule has 1 aromatic rings. The molecule has 1 unspecified atom stereocenters. The van der Waals surface area contributed by atoms with Crippen molar-refractivity contribution in [1.29, 1.82) is 0 Å². The van der Waals surface area contributed by atoms with Crippen molar-refractivity contribution < 1.29 is 4.79 Å². The van der Waals surface area contributed by atoms with Crippen molar-refractivity contribution >= 4 is 16.6 Å². The monoisotopic (exact) mass is 209 g/mol. The summed E-state index contributed by atoms with van der Waals surface area (Å²) in [7, 11) is -0.177. The van der Waals surface area contributed by atoms with Crippen LogP contribution in [0.1, 0.15) is 24.2 Å². The second-order valence-electron chi connectivity index (χ2n) is 3.33. The van der Waals surface area contributed by atoms with Gasteiger partial charge in [0.15, 0.2) is 0 Å². The van der Waals surface area contributed by atoms with E-state index in [4.69, 9.17) is 0 Å². The van der Waals surface area contributed by atoms with Crippen LogP contribution in [-0.2, 0) is 10.7 Å². The SMILES string of the molecule is CC(C)S(C)=NC(=O)c1ccccc1. The summed E-state index contributed by atoms with van der Waals surface area (Å²) < 4.78 is 4.14. The van der Waals surface area contributed by atoms with Crippen molar-refractivity contribution in [2.45, 2.75) is 19.1 Å². The van der Waals surface area contributed by atoms with Crippen molar-refractivity contribution in [3.63, 3.8) is 0 Å². The van der Waals surface area contributed by atoms with Gasteiger partial charge in [-0.1, -0.05) is 42.7 Å². The fraction of sp³-hybridized carbons (Fsp3) is 0.364. The molecule has 1 rings (SSSR count). The number of carbonyl (C=O) groups excluding carboxylic acids is 1. The number of hydrogen-bond donors (Lipinski definition) is 0. The van der Waals surface area contributed by atoms with E-state index in [-0.39, 0.29) is 16.6 Å². The fourth-order valence-electron chi connectivity index (χ4n) is 0.870. The molecular formula is C11H15NOS. The molecule has 0 aliphatic carbocycles. The van der Waals surface area contributed by atoms with Gasteiger partial charge in [-0.15, -0.1) is 0 Å². The lowest BCUT2D eigenvalue weighted by Crippen LogP contribution is -2.06. The molecule has 2 nitrogen and oxygen atoms in total. The maximum Gasteiger partial charge on any atom is 0.282 e. The first-order valence-corrected chi connectivity index (χ1v) is 6.22. The highest BCUT2D eigenvalue weighted by Crippen LogP contribution is 2.03. The number of nitrogens with zero attached hydrogens (tertiary/aromatic N) is 1. The lowest BCUT2D eigenvalue weighted by molar-refractivity contribution is 0.101. The Kier molecular flexibility index (Phi) is 4.01. The van der Waals surface area contributed by atoms with Crippen LogP contribution in [0.2, 0.25) is 0 Å².